The van der Waals surface area contributed by atoms with Crippen molar-refractivity contribution in [2.75, 3.05) is 11.2 Å². The summed E-state index contributed by atoms with van der Waals surface area (Å²) in [5, 5.41) is 17.1. The summed E-state index contributed by atoms with van der Waals surface area (Å²) >= 11 is 0. The van der Waals surface area contributed by atoms with E-state index in [9.17, 15) is 9.18 Å². The number of carbonyl (C=O) groups is 1. The van der Waals surface area contributed by atoms with Crippen LogP contribution in [0, 0.1) is 5.82 Å². The average Bonchev–Trinajstić information content (AvgIpc) is 2.10. The number of nitrogens with one attached hydrogen (secondary N) is 1. The molecule has 5 nitrogen and oxygen atoms in total. The molecule has 76 valence electrons. The van der Waals surface area contributed by atoms with Gasteiger partial charge in [-0.05, 0) is 17.7 Å². The number of hydrogen-bond acceptors (Lipinski definition) is 4. The summed E-state index contributed by atoms with van der Waals surface area (Å²) < 4.78 is 12.9. The molecule has 0 aliphatic rings. The minimum Gasteiger partial charge on any atom is -0.481 e. The zero-order valence-corrected chi connectivity index (χ0v) is 7.12. The molecular formula is C8H9FN2O3. The van der Waals surface area contributed by atoms with E-state index in [4.69, 9.17) is 16.0 Å². The highest BCUT2D eigenvalue weighted by atomic mass is 19.1. The molecule has 6 heteroatoms. The smallest absolute Gasteiger partial charge is 0.307 e. The molecule has 5 N–H and O–H groups in total. The predicted molar refractivity (Wildman–Crippen MR) is 47.6 cm³/mol. The zero-order valence-electron chi connectivity index (χ0n) is 7.12. The van der Waals surface area contributed by atoms with Crippen LogP contribution in [0.1, 0.15) is 5.56 Å². The first-order valence-electron chi connectivity index (χ1n) is 3.74. The summed E-state index contributed by atoms with van der Waals surface area (Å²) in [5.41, 5.74) is 7.04. The van der Waals surface area contributed by atoms with E-state index in [2.05, 4.69) is 0 Å². The van der Waals surface area contributed by atoms with Gasteiger partial charge >= 0.3 is 5.97 Å². The quantitative estimate of drug-likeness (QED) is 0.428. The first-order valence-corrected chi connectivity index (χ1v) is 3.74. The maximum atomic E-state index is 12.9. The van der Waals surface area contributed by atoms with Gasteiger partial charge in [-0.15, -0.1) is 0 Å². The fraction of sp³-hybridized carbons (Fsp3) is 0.125. The van der Waals surface area contributed by atoms with Crippen LogP contribution in [0.4, 0.5) is 15.8 Å². The van der Waals surface area contributed by atoms with E-state index in [1.165, 1.54) is 0 Å². The molecule has 0 spiro atoms. The Balaban J connectivity index is 3.13. The minimum atomic E-state index is -1.12. The lowest BCUT2D eigenvalue weighted by atomic mass is 10.1. The van der Waals surface area contributed by atoms with E-state index in [-0.39, 0.29) is 23.4 Å². The van der Waals surface area contributed by atoms with Gasteiger partial charge in [-0.1, -0.05) is 0 Å². The van der Waals surface area contributed by atoms with E-state index >= 15 is 0 Å². The molecule has 1 rings (SSSR count). The molecule has 1 aromatic rings. The number of benzene rings is 1. The van der Waals surface area contributed by atoms with Crippen LogP contribution in [0.3, 0.4) is 0 Å². The maximum Gasteiger partial charge on any atom is 0.307 e. The summed E-state index contributed by atoms with van der Waals surface area (Å²) in [5.74, 6) is -1.83. The molecule has 0 unspecified atom stereocenters. The SMILES string of the molecule is Nc1cc(NO)c(CC(=O)O)cc1F. The van der Waals surface area contributed by atoms with E-state index in [1.54, 1.807) is 5.48 Å². The number of anilines is 2. The molecule has 0 radical (unpaired) electrons. The number of aliphatic carboxylic acids is 1. The first kappa shape index (κ1) is 10.3. The number of rotatable bonds is 3. The maximum absolute atomic E-state index is 12.9. The molecule has 0 aliphatic heterocycles. The monoisotopic (exact) mass is 200 g/mol. The number of hydrogen-bond donors (Lipinski definition) is 4. The van der Waals surface area contributed by atoms with E-state index < -0.39 is 11.8 Å². The molecule has 0 saturated carbocycles. The lowest BCUT2D eigenvalue weighted by Crippen LogP contribution is -2.06. The van der Waals surface area contributed by atoms with Crippen molar-refractivity contribution in [1.29, 1.82) is 0 Å². The van der Waals surface area contributed by atoms with Gasteiger partial charge in [0.15, 0.2) is 0 Å². The lowest BCUT2D eigenvalue weighted by Gasteiger charge is -2.07. The van der Waals surface area contributed by atoms with Gasteiger partial charge in [-0.3, -0.25) is 15.5 Å². The predicted octanol–water partition coefficient (Wildman–Crippen LogP) is 0.836. The molecule has 0 saturated heterocycles. The largest absolute Gasteiger partial charge is 0.481 e. The van der Waals surface area contributed by atoms with Gasteiger partial charge in [0.2, 0.25) is 0 Å². The average molecular weight is 200 g/mol. The molecule has 0 atom stereocenters. The number of nitrogens with two attached hydrogens (primary N) is 1. The molecule has 14 heavy (non-hydrogen) atoms. The Labute approximate surface area is 78.9 Å². The Kier molecular flexibility index (Phi) is 2.88. The topological polar surface area (TPSA) is 95.6 Å². The van der Waals surface area contributed by atoms with Crippen LogP contribution in [0.2, 0.25) is 0 Å². The van der Waals surface area contributed by atoms with Crippen molar-refractivity contribution in [3.05, 3.63) is 23.5 Å². The Morgan fingerprint density at radius 3 is 2.71 bits per heavy atom. The number of carboxylic acids is 1. The van der Waals surface area contributed by atoms with Gasteiger partial charge in [0.05, 0.1) is 17.8 Å². The van der Waals surface area contributed by atoms with E-state index in [0.717, 1.165) is 12.1 Å². The van der Waals surface area contributed by atoms with Crippen molar-refractivity contribution < 1.29 is 19.5 Å². The fourth-order valence-corrected chi connectivity index (χ4v) is 1.04. The van der Waals surface area contributed by atoms with Crippen LogP contribution in [0.5, 0.6) is 0 Å². The summed E-state index contributed by atoms with van der Waals surface area (Å²) in [7, 11) is 0. The zero-order chi connectivity index (χ0) is 10.7. The molecule has 0 aromatic heterocycles. The Bertz CT molecular complexity index is 368. The van der Waals surface area contributed by atoms with Crippen molar-refractivity contribution in [2.45, 2.75) is 6.42 Å². The fourth-order valence-electron chi connectivity index (χ4n) is 1.04. The molecule has 0 aliphatic carbocycles. The van der Waals surface area contributed by atoms with Crippen LogP contribution in [0.25, 0.3) is 0 Å². The highest BCUT2D eigenvalue weighted by Gasteiger charge is 2.10. The summed E-state index contributed by atoms with van der Waals surface area (Å²) in [6.45, 7) is 0. The standard InChI is InChI=1S/C8H9FN2O3/c9-5-1-4(2-8(12)13)7(11-14)3-6(5)10/h1,3,11,14H,2,10H2,(H,12,13). The van der Waals surface area contributed by atoms with Gasteiger partial charge in [0.25, 0.3) is 0 Å². The number of carboxylic acid groups (broad SMARTS) is 1. The molecule has 1 aromatic carbocycles. The van der Waals surface area contributed by atoms with Crippen molar-refractivity contribution in [1.82, 2.24) is 0 Å². The highest BCUT2D eigenvalue weighted by Crippen LogP contribution is 2.22. The number of nitrogen functional groups attached to an aromatic ring is 1. The van der Waals surface area contributed by atoms with Gasteiger partial charge in [0, 0.05) is 0 Å². The molecular weight excluding hydrogens is 191 g/mol. The van der Waals surface area contributed by atoms with Crippen molar-refractivity contribution in [2.24, 2.45) is 0 Å². The Morgan fingerprint density at radius 1 is 1.57 bits per heavy atom. The summed E-state index contributed by atoms with van der Waals surface area (Å²) in [6.07, 6.45) is -0.389. The lowest BCUT2D eigenvalue weighted by molar-refractivity contribution is -0.136. The van der Waals surface area contributed by atoms with Crippen molar-refractivity contribution in [3.8, 4) is 0 Å². The van der Waals surface area contributed by atoms with Gasteiger partial charge in [-0.2, -0.15) is 0 Å². The van der Waals surface area contributed by atoms with Crippen molar-refractivity contribution in [3.63, 3.8) is 0 Å². The second-order valence-corrected chi connectivity index (χ2v) is 2.71. The third kappa shape index (κ3) is 2.11. The summed E-state index contributed by atoms with van der Waals surface area (Å²) in [6, 6.07) is 2.11. The van der Waals surface area contributed by atoms with Gasteiger partial charge in [-0.25, -0.2) is 4.39 Å². The first-order chi connectivity index (χ1) is 6.54. The second kappa shape index (κ2) is 3.93. The van der Waals surface area contributed by atoms with E-state index in [0.29, 0.717) is 0 Å². The van der Waals surface area contributed by atoms with E-state index in [1.807, 2.05) is 0 Å². The molecule has 0 fully saturated rings. The van der Waals surface area contributed by atoms with Crippen LogP contribution in [-0.2, 0) is 11.2 Å². The molecule has 0 heterocycles. The van der Waals surface area contributed by atoms with Crippen LogP contribution >= 0.6 is 0 Å². The number of halogens is 1. The third-order valence-corrected chi connectivity index (χ3v) is 1.68. The van der Waals surface area contributed by atoms with Gasteiger partial charge in [0.1, 0.15) is 5.82 Å². The van der Waals surface area contributed by atoms with Crippen LogP contribution in [0.15, 0.2) is 12.1 Å². The van der Waals surface area contributed by atoms with Crippen LogP contribution < -0.4 is 11.2 Å². The van der Waals surface area contributed by atoms with Gasteiger partial charge < -0.3 is 10.8 Å². The normalized spacial score (nSPS) is 9.86. The second-order valence-electron chi connectivity index (χ2n) is 2.71. The van der Waals surface area contributed by atoms with Crippen LogP contribution in [-0.4, -0.2) is 16.3 Å². The Hall–Kier alpha value is -1.82. The summed E-state index contributed by atoms with van der Waals surface area (Å²) in [4.78, 5) is 10.4. The third-order valence-electron chi connectivity index (χ3n) is 1.68. The molecule has 0 bridgehead atoms. The molecule has 0 amide bonds. The Morgan fingerprint density at radius 2 is 2.21 bits per heavy atom. The minimum absolute atomic E-state index is 0.0892. The highest BCUT2D eigenvalue weighted by molar-refractivity contribution is 5.74. The van der Waals surface area contributed by atoms with Crippen molar-refractivity contribution >= 4 is 17.3 Å².